The number of aromatic nitrogens is 3. The minimum atomic E-state index is -0.211. The first kappa shape index (κ1) is 23.0. The van der Waals surface area contributed by atoms with E-state index in [0.29, 0.717) is 16.7 Å². The van der Waals surface area contributed by atoms with Crippen LogP contribution in [0.15, 0.2) is 58.8 Å². The number of amides is 1. The van der Waals surface area contributed by atoms with E-state index in [1.54, 1.807) is 18.3 Å². The maximum absolute atomic E-state index is 12.1. The molecule has 0 saturated carbocycles. The summed E-state index contributed by atoms with van der Waals surface area (Å²) in [5.41, 5.74) is 5.76. The van der Waals surface area contributed by atoms with Gasteiger partial charge in [-0.1, -0.05) is 80.5 Å². The fourth-order valence-corrected chi connectivity index (χ4v) is 3.82. The number of halogens is 1. The number of carbonyl (C=O) groups excluding carboxylic acids is 1. The summed E-state index contributed by atoms with van der Waals surface area (Å²) < 4.78 is 2.01. The van der Waals surface area contributed by atoms with E-state index in [1.165, 1.54) is 17.3 Å². The standard InChI is InChI=1S/C23H26ClN5OS/c1-5-29-21(17-8-10-18(11-9-17)23(2,3)4)27-28-22(29)31-15-20(30)26-25-14-16-6-12-19(24)13-7-16/h6-14H,5,15H2,1-4H3,(H,26,30)/b25-14-. The smallest absolute Gasteiger partial charge is 0.250 e. The Morgan fingerprint density at radius 2 is 1.81 bits per heavy atom. The van der Waals surface area contributed by atoms with Crippen LogP contribution in [0.25, 0.3) is 11.4 Å². The number of hydrogen-bond acceptors (Lipinski definition) is 5. The third-order valence-electron chi connectivity index (χ3n) is 4.65. The van der Waals surface area contributed by atoms with Gasteiger partial charge < -0.3 is 4.57 Å². The highest BCUT2D eigenvalue weighted by Crippen LogP contribution is 2.27. The highest BCUT2D eigenvalue weighted by Gasteiger charge is 2.17. The average Bonchev–Trinajstić information content (AvgIpc) is 3.16. The quantitative estimate of drug-likeness (QED) is 0.303. The highest BCUT2D eigenvalue weighted by molar-refractivity contribution is 7.99. The summed E-state index contributed by atoms with van der Waals surface area (Å²) in [5, 5.41) is 14.0. The highest BCUT2D eigenvalue weighted by atomic mass is 35.5. The number of hydrogen-bond donors (Lipinski definition) is 1. The zero-order valence-electron chi connectivity index (χ0n) is 18.1. The lowest BCUT2D eigenvalue weighted by atomic mass is 9.87. The van der Waals surface area contributed by atoms with Crippen LogP contribution in [0.3, 0.4) is 0 Å². The minimum absolute atomic E-state index is 0.0986. The molecule has 0 fully saturated rings. The van der Waals surface area contributed by atoms with Gasteiger partial charge in [0.25, 0.3) is 5.91 Å². The Hall–Kier alpha value is -2.64. The Labute approximate surface area is 192 Å². The van der Waals surface area contributed by atoms with E-state index in [9.17, 15) is 4.79 Å². The number of hydrazone groups is 1. The fraction of sp³-hybridized carbons (Fsp3) is 0.304. The summed E-state index contributed by atoms with van der Waals surface area (Å²) >= 11 is 7.19. The van der Waals surface area contributed by atoms with Gasteiger partial charge in [0.1, 0.15) is 0 Å². The summed E-state index contributed by atoms with van der Waals surface area (Å²) in [4.78, 5) is 12.1. The van der Waals surface area contributed by atoms with E-state index < -0.39 is 0 Å². The molecule has 0 radical (unpaired) electrons. The molecule has 1 aromatic heterocycles. The molecule has 162 valence electrons. The third-order valence-corrected chi connectivity index (χ3v) is 5.87. The fourth-order valence-electron chi connectivity index (χ4n) is 2.90. The molecule has 0 aliphatic heterocycles. The van der Waals surface area contributed by atoms with Crippen LogP contribution < -0.4 is 5.43 Å². The Kier molecular flexibility index (Phi) is 7.51. The molecule has 6 nitrogen and oxygen atoms in total. The van der Waals surface area contributed by atoms with E-state index in [0.717, 1.165) is 17.0 Å². The molecule has 31 heavy (non-hydrogen) atoms. The summed E-state index contributed by atoms with van der Waals surface area (Å²) in [6.45, 7) is 9.32. The monoisotopic (exact) mass is 455 g/mol. The molecule has 1 N–H and O–H groups in total. The van der Waals surface area contributed by atoms with E-state index in [-0.39, 0.29) is 17.1 Å². The van der Waals surface area contributed by atoms with Crippen molar-refractivity contribution >= 4 is 35.5 Å². The summed E-state index contributed by atoms with van der Waals surface area (Å²) in [6.07, 6.45) is 1.58. The normalized spacial score (nSPS) is 11.8. The van der Waals surface area contributed by atoms with Gasteiger partial charge in [0.15, 0.2) is 11.0 Å². The predicted molar refractivity (Wildman–Crippen MR) is 128 cm³/mol. The maximum Gasteiger partial charge on any atom is 0.250 e. The SMILES string of the molecule is CCn1c(SCC(=O)N/N=C\c2ccc(Cl)cc2)nnc1-c1ccc(C(C)(C)C)cc1. The lowest BCUT2D eigenvalue weighted by molar-refractivity contribution is -0.118. The van der Waals surface area contributed by atoms with Crippen LogP contribution in [0, 0.1) is 0 Å². The number of carbonyl (C=O) groups is 1. The van der Waals surface area contributed by atoms with Crippen LogP contribution in [0.2, 0.25) is 5.02 Å². The summed E-state index contributed by atoms with van der Waals surface area (Å²) in [7, 11) is 0. The lowest BCUT2D eigenvalue weighted by Crippen LogP contribution is -2.20. The van der Waals surface area contributed by atoms with Gasteiger partial charge in [-0.3, -0.25) is 4.79 Å². The molecule has 2 aromatic carbocycles. The number of rotatable bonds is 7. The molecular weight excluding hydrogens is 430 g/mol. The number of thioether (sulfide) groups is 1. The van der Waals surface area contributed by atoms with Crippen LogP contribution in [0.5, 0.6) is 0 Å². The van der Waals surface area contributed by atoms with Crippen LogP contribution in [0.4, 0.5) is 0 Å². The second-order valence-electron chi connectivity index (χ2n) is 8.01. The van der Waals surface area contributed by atoms with Crippen molar-refractivity contribution in [1.82, 2.24) is 20.2 Å². The van der Waals surface area contributed by atoms with Gasteiger partial charge in [-0.2, -0.15) is 5.10 Å². The predicted octanol–water partition coefficient (Wildman–Crippen LogP) is 5.16. The zero-order valence-corrected chi connectivity index (χ0v) is 19.7. The molecular formula is C23H26ClN5OS. The minimum Gasteiger partial charge on any atom is -0.302 e. The largest absolute Gasteiger partial charge is 0.302 e. The van der Waals surface area contributed by atoms with Crippen LogP contribution in [-0.4, -0.2) is 32.6 Å². The van der Waals surface area contributed by atoms with Crippen LogP contribution in [0.1, 0.15) is 38.8 Å². The topological polar surface area (TPSA) is 72.2 Å². The Bertz CT molecular complexity index is 1050. The van der Waals surface area contributed by atoms with Crippen LogP contribution in [-0.2, 0) is 16.8 Å². The molecule has 0 aliphatic carbocycles. The molecule has 3 aromatic rings. The van der Waals surface area contributed by atoms with Crippen molar-refractivity contribution in [3.8, 4) is 11.4 Å². The van der Waals surface area contributed by atoms with Crippen molar-refractivity contribution in [2.24, 2.45) is 5.10 Å². The first-order valence-corrected chi connectivity index (χ1v) is 11.4. The van der Waals surface area contributed by atoms with Gasteiger partial charge in [-0.15, -0.1) is 10.2 Å². The first-order valence-electron chi connectivity index (χ1n) is 10.0. The lowest BCUT2D eigenvalue weighted by Gasteiger charge is -2.19. The summed E-state index contributed by atoms with van der Waals surface area (Å²) in [6, 6.07) is 15.6. The molecule has 1 amide bonds. The second-order valence-corrected chi connectivity index (χ2v) is 9.39. The number of benzene rings is 2. The molecule has 3 rings (SSSR count). The molecule has 0 saturated heterocycles. The van der Waals surface area contributed by atoms with Crippen molar-refractivity contribution in [3.63, 3.8) is 0 Å². The molecule has 0 aliphatic rings. The molecule has 0 spiro atoms. The van der Waals surface area contributed by atoms with Crippen molar-refractivity contribution in [2.75, 3.05) is 5.75 Å². The van der Waals surface area contributed by atoms with Crippen LogP contribution >= 0.6 is 23.4 Å². The van der Waals surface area contributed by atoms with Gasteiger partial charge in [-0.05, 0) is 35.6 Å². The van der Waals surface area contributed by atoms with E-state index in [2.05, 4.69) is 65.8 Å². The van der Waals surface area contributed by atoms with Crippen molar-refractivity contribution in [1.29, 1.82) is 0 Å². The van der Waals surface area contributed by atoms with Crippen molar-refractivity contribution < 1.29 is 4.79 Å². The Morgan fingerprint density at radius 1 is 1.13 bits per heavy atom. The Balaban J connectivity index is 1.61. The summed E-state index contributed by atoms with van der Waals surface area (Å²) in [5.74, 6) is 0.780. The first-order chi connectivity index (χ1) is 14.8. The van der Waals surface area contributed by atoms with Gasteiger partial charge in [0, 0.05) is 17.1 Å². The van der Waals surface area contributed by atoms with Gasteiger partial charge >= 0.3 is 0 Å². The van der Waals surface area contributed by atoms with Crippen molar-refractivity contribution in [3.05, 3.63) is 64.7 Å². The maximum atomic E-state index is 12.1. The van der Waals surface area contributed by atoms with Crippen molar-refractivity contribution in [2.45, 2.75) is 44.8 Å². The zero-order chi connectivity index (χ0) is 22.4. The molecule has 8 heteroatoms. The van der Waals surface area contributed by atoms with Gasteiger partial charge in [0.2, 0.25) is 0 Å². The van der Waals surface area contributed by atoms with Gasteiger partial charge in [0.05, 0.1) is 12.0 Å². The van der Waals surface area contributed by atoms with E-state index in [4.69, 9.17) is 11.6 Å². The van der Waals surface area contributed by atoms with E-state index >= 15 is 0 Å². The van der Waals surface area contributed by atoms with E-state index in [1.807, 2.05) is 23.6 Å². The molecule has 0 unspecified atom stereocenters. The molecule has 0 atom stereocenters. The Morgan fingerprint density at radius 3 is 2.42 bits per heavy atom. The average molecular weight is 456 g/mol. The molecule has 1 heterocycles. The molecule has 0 bridgehead atoms. The van der Waals surface area contributed by atoms with Gasteiger partial charge in [-0.25, -0.2) is 5.43 Å². The number of nitrogens with one attached hydrogen (secondary N) is 1. The number of nitrogens with zero attached hydrogens (tertiary/aromatic N) is 4. The third kappa shape index (κ3) is 6.18. The second kappa shape index (κ2) is 10.1.